The lowest BCUT2D eigenvalue weighted by Gasteiger charge is -2.05. The highest BCUT2D eigenvalue weighted by atomic mass is 16.4. The molecule has 0 aliphatic carbocycles. The number of aromatic nitrogens is 2. The standard InChI is InChI=1S/C12H15N3O/c1-3-8-5-6-10(9(4-2)7-8)11-14-15-12(13)16-11/h5-7H,3-4H2,1-2H3,(H2,13,15). The summed E-state index contributed by atoms with van der Waals surface area (Å²) in [5.74, 6) is 0.497. The van der Waals surface area contributed by atoms with E-state index in [2.05, 4.69) is 36.2 Å². The van der Waals surface area contributed by atoms with Gasteiger partial charge >= 0.3 is 6.01 Å². The minimum absolute atomic E-state index is 0.108. The molecule has 0 bridgehead atoms. The molecule has 0 aliphatic rings. The molecule has 2 N–H and O–H groups in total. The van der Waals surface area contributed by atoms with Gasteiger partial charge in [-0.15, -0.1) is 5.10 Å². The lowest BCUT2D eigenvalue weighted by Crippen LogP contribution is -1.91. The zero-order valence-electron chi connectivity index (χ0n) is 9.53. The van der Waals surface area contributed by atoms with E-state index in [1.54, 1.807) is 0 Å². The lowest BCUT2D eigenvalue weighted by molar-refractivity contribution is 0.589. The van der Waals surface area contributed by atoms with Gasteiger partial charge in [0.1, 0.15) is 0 Å². The fraction of sp³-hybridized carbons (Fsp3) is 0.333. The molecule has 0 amide bonds. The first-order valence-electron chi connectivity index (χ1n) is 5.45. The van der Waals surface area contributed by atoms with E-state index in [1.165, 1.54) is 11.1 Å². The molecular weight excluding hydrogens is 202 g/mol. The summed E-state index contributed by atoms with van der Waals surface area (Å²) in [6.45, 7) is 4.25. The van der Waals surface area contributed by atoms with Crippen molar-refractivity contribution >= 4 is 6.01 Å². The van der Waals surface area contributed by atoms with Crippen molar-refractivity contribution in [3.63, 3.8) is 0 Å². The molecule has 0 atom stereocenters. The molecule has 0 spiro atoms. The summed E-state index contributed by atoms with van der Waals surface area (Å²) in [6.07, 6.45) is 1.96. The van der Waals surface area contributed by atoms with Crippen molar-refractivity contribution in [2.45, 2.75) is 26.7 Å². The first kappa shape index (κ1) is 10.7. The van der Waals surface area contributed by atoms with E-state index in [-0.39, 0.29) is 6.01 Å². The van der Waals surface area contributed by atoms with Gasteiger partial charge in [0.25, 0.3) is 0 Å². The van der Waals surface area contributed by atoms with Crippen LogP contribution in [-0.4, -0.2) is 10.2 Å². The van der Waals surface area contributed by atoms with Gasteiger partial charge in [-0.1, -0.05) is 31.1 Å². The molecule has 0 saturated carbocycles. The number of hydrogen-bond donors (Lipinski definition) is 1. The van der Waals surface area contributed by atoms with Gasteiger partial charge in [-0.25, -0.2) is 0 Å². The number of aryl methyl sites for hydroxylation is 2. The quantitative estimate of drug-likeness (QED) is 0.857. The summed E-state index contributed by atoms with van der Waals surface area (Å²) in [7, 11) is 0. The fourth-order valence-electron chi connectivity index (χ4n) is 1.71. The second kappa shape index (κ2) is 4.35. The molecule has 0 radical (unpaired) electrons. The molecule has 16 heavy (non-hydrogen) atoms. The van der Waals surface area contributed by atoms with Crippen LogP contribution in [0.4, 0.5) is 6.01 Å². The Bertz CT molecular complexity index is 491. The minimum atomic E-state index is 0.108. The fourth-order valence-corrected chi connectivity index (χ4v) is 1.71. The van der Waals surface area contributed by atoms with Gasteiger partial charge in [-0.2, -0.15) is 0 Å². The second-order valence-corrected chi connectivity index (χ2v) is 3.64. The maximum atomic E-state index is 5.42. The number of hydrogen-bond acceptors (Lipinski definition) is 4. The van der Waals surface area contributed by atoms with Crippen LogP contribution in [0.25, 0.3) is 11.5 Å². The third-order valence-electron chi connectivity index (χ3n) is 2.63. The molecule has 0 unspecified atom stereocenters. The van der Waals surface area contributed by atoms with Crippen LogP contribution in [0.1, 0.15) is 25.0 Å². The Morgan fingerprint density at radius 3 is 2.56 bits per heavy atom. The van der Waals surface area contributed by atoms with Crippen molar-refractivity contribution in [2.75, 3.05) is 5.73 Å². The minimum Gasteiger partial charge on any atom is -0.404 e. The first-order valence-corrected chi connectivity index (χ1v) is 5.45. The molecule has 2 rings (SSSR count). The van der Waals surface area contributed by atoms with Crippen molar-refractivity contribution in [3.8, 4) is 11.5 Å². The van der Waals surface area contributed by atoms with E-state index in [9.17, 15) is 0 Å². The summed E-state index contributed by atoms with van der Waals surface area (Å²) in [6, 6.07) is 6.38. The van der Waals surface area contributed by atoms with Gasteiger partial charge in [0.2, 0.25) is 5.89 Å². The van der Waals surface area contributed by atoms with Crippen molar-refractivity contribution in [1.29, 1.82) is 0 Å². The monoisotopic (exact) mass is 217 g/mol. The van der Waals surface area contributed by atoms with Crippen LogP contribution in [0.2, 0.25) is 0 Å². The SMILES string of the molecule is CCc1ccc(-c2nnc(N)o2)c(CC)c1. The molecule has 2 aromatic rings. The number of nitrogens with two attached hydrogens (primary N) is 1. The molecule has 84 valence electrons. The van der Waals surface area contributed by atoms with Crippen LogP contribution < -0.4 is 5.73 Å². The number of nitrogens with zero attached hydrogens (tertiary/aromatic N) is 2. The zero-order chi connectivity index (χ0) is 11.5. The molecule has 4 nitrogen and oxygen atoms in total. The highest BCUT2D eigenvalue weighted by molar-refractivity contribution is 5.59. The van der Waals surface area contributed by atoms with Gasteiger partial charge in [-0.05, 0) is 30.0 Å². The Balaban J connectivity index is 2.48. The predicted molar refractivity (Wildman–Crippen MR) is 62.9 cm³/mol. The average Bonchev–Trinajstić information content (AvgIpc) is 2.74. The summed E-state index contributed by atoms with van der Waals surface area (Å²) >= 11 is 0. The van der Waals surface area contributed by atoms with Gasteiger partial charge in [-0.3, -0.25) is 0 Å². The summed E-state index contributed by atoms with van der Waals surface area (Å²) < 4.78 is 5.24. The van der Waals surface area contributed by atoms with E-state index in [1.807, 2.05) is 6.07 Å². The second-order valence-electron chi connectivity index (χ2n) is 3.64. The maximum absolute atomic E-state index is 5.42. The molecule has 4 heteroatoms. The van der Waals surface area contributed by atoms with Crippen LogP contribution in [-0.2, 0) is 12.8 Å². The number of rotatable bonds is 3. The molecule has 0 fully saturated rings. The Morgan fingerprint density at radius 2 is 2.00 bits per heavy atom. The van der Waals surface area contributed by atoms with Crippen molar-refractivity contribution < 1.29 is 4.42 Å². The van der Waals surface area contributed by atoms with Crippen LogP contribution in [0.15, 0.2) is 22.6 Å². The van der Waals surface area contributed by atoms with Crippen LogP contribution >= 0.6 is 0 Å². The molecule has 1 aromatic heterocycles. The van der Waals surface area contributed by atoms with Crippen molar-refractivity contribution in [1.82, 2.24) is 10.2 Å². The molecule has 1 heterocycles. The van der Waals surface area contributed by atoms with Crippen molar-refractivity contribution in [3.05, 3.63) is 29.3 Å². The topological polar surface area (TPSA) is 64.9 Å². The van der Waals surface area contributed by atoms with E-state index < -0.39 is 0 Å². The third kappa shape index (κ3) is 1.91. The largest absolute Gasteiger partial charge is 0.404 e. The van der Waals surface area contributed by atoms with Gasteiger partial charge in [0, 0.05) is 5.56 Å². The van der Waals surface area contributed by atoms with Crippen LogP contribution in [0.3, 0.4) is 0 Å². The molecule has 0 saturated heterocycles. The number of nitrogen functional groups attached to an aromatic ring is 1. The smallest absolute Gasteiger partial charge is 0.313 e. The normalized spacial score (nSPS) is 10.6. The number of benzene rings is 1. The molecule has 0 aliphatic heterocycles. The van der Waals surface area contributed by atoms with Gasteiger partial charge in [0.15, 0.2) is 0 Å². The van der Waals surface area contributed by atoms with E-state index in [4.69, 9.17) is 10.2 Å². The predicted octanol–water partition coefficient (Wildman–Crippen LogP) is 2.44. The Labute approximate surface area is 94.5 Å². The average molecular weight is 217 g/mol. The maximum Gasteiger partial charge on any atom is 0.313 e. The van der Waals surface area contributed by atoms with Gasteiger partial charge < -0.3 is 10.2 Å². The van der Waals surface area contributed by atoms with Gasteiger partial charge in [0.05, 0.1) is 0 Å². The molecule has 1 aromatic carbocycles. The summed E-state index contributed by atoms with van der Waals surface area (Å²) in [5, 5.41) is 7.58. The Kier molecular flexibility index (Phi) is 2.90. The zero-order valence-corrected chi connectivity index (χ0v) is 9.53. The Morgan fingerprint density at radius 1 is 1.19 bits per heavy atom. The summed E-state index contributed by atoms with van der Waals surface area (Å²) in [5.41, 5.74) is 8.92. The first-order chi connectivity index (χ1) is 7.74. The van der Waals surface area contributed by atoms with Crippen LogP contribution in [0.5, 0.6) is 0 Å². The van der Waals surface area contributed by atoms with E-state index in [0.29, 0.717) is 5.89 Å². The highest BCUT2D eigenvalue weighted by Gasteiger charge is 2.10. The highest BCUT2D eigenvalue weighted by Crippen LogP contribution is 2.24. The number of anilines is 1. The van der Waals surface area contributed by atoms with E-state index in [0.717, 1.165) is 18.4 Å². The van der Waals surface area contributed by atoms with E-state index >= 15 is 0 Å². The summed E-state index contributed by atoms with van der Waals surface area (Å²) in [4.78, 5) is 0. The molecular formula is C12H15N3O. The third-order valence-corrected chi connectivity index (χ3v) is 2.63. The lowest BCUT2D eigenvalue weighted by atomic mass is 10.0. The van der Waals surface area contributed by atoms with Crippen molar-refractivity contribution in [2.24, 2.45) is 0 Å². The van der Waals surface area contributed by atoms with Crippen LogP contribution in [0, 0.1) is 0 Å². The Hall–Kier alpha value is -1.84.